The summed E-state index contributed by atoms with van der Waals surface area (Å²) in [7, 11) is 0. The normalized spacial score (nSPS) is 18.2. The summed E-state index contributed by atoms with van der Waals surface area (Å²) in [6.45, 7) is 5.01. The van der Waals surface area contributed by atoms with E-state index in [4.69, 9.17) is 16.3 Å². The van der Waals surface area contributed by atoms with Gasteiger partial charge in [-0.15, -0.1) is 0 Å². The van der Waals surface area contributed by atoms with Gasteiger partial charge in [0.2, 0.25) is 0 Å². The van der Waals surface area contributed by atoms with Gasteiger partial charge in [0.05, 0.1) is 6.61 Å². The third-order valence-corrected chi connectivity index (χ3v) is 2.52. The quantitative estimate of drug-likeness (QED) is 0.631. The molecule has 0 aliphatic carbocycles. The molecule has 0 fully saturated rings. The van der Waals surface area contributed by atoms with Crippen LogP contribution >= 0.6 is 11.6 Å². The minimum absolute atomic E-state index is 0.0888. The minimum atomic E-state index is 0.0888. The Hall–Kier alpha value is -0.950. The Morgan fingerprint density at radius 3 is 2.93 bits per heavy atom. The van der Waals surface area contributed by atoms with E-state index in [1.165, 1.54) is 0 Å². The maximum atomic E-state index is 5.91. The fourth-order valence-corrected chi connectivity index (χ4v) is 1.59. The molecule has 2 rings (SSSR count). The SMILES string of the molecule is CC1(C)C=Cc2cc(Cl)ccc2OC1. The molecule has 0 unspecified atom stereocenters. The minimum Gasteiger partial charge on any atom is -0.492 e. The second kappa shape index (κ2) is 3.32. The molecular formula is C12H13ClO. The van der Waals surface area contributed by atoms with Gasteiger partial charge >= 0.3 is 0 Å². The molecule has 74 valence electrons. The summed E-state index contributed by atoms with van der Waals surface area (Å²) in [5, 5.41) is 0.747. The topological polar surface area (TPSA) is 9.23 Å². The standard InChI is InChI=1S/C12H13ClO/c1-12(2)6-5-9-7-10(13)3-4-11(9)14-8-12/h3-7H,8H2,1-2H3. The Morgan fingerprint density at radius 1 is 1.36 bits per heavy atom. The highest BCUT2D eigenvalue weighted by Crippen LogP contribution is 2.31. The second-order valence-electron chi connectivity index (χ2n) is 4.29. The number of hydrogen-bond acceptors (Lipinski definition) is 1. The maximum absolute atomic E-state index is 5.91. The van der Waals surface area contributed by atoms with E-state index >= 15 is 0 Å². The summed E-state index contributed by atoms with van der Waals surface area (Å²) in [6.07, 6.45) is 4.24. The van der Waals surface area contributed by atoms with Crippen molar-refractivity contribution in [3.8, 4) is 5.75 Å². The highest BCUT2D eigenvalue weighted by Gasteiger charge is 2.18. The number of halogens is 1. The van der Waals surface area contributed by atoms with Gasteiger partial charge in [-0.1, -0.05) is 37.6 Å². The number of hydrogen-bond donors (Lipinski definition) is 0. The monoisotopic (exact) mass is 208 g/mol. The fraction of sp³-hybridized carbons (Fsp3) is 0.333. The summed E-state index contributed by atoms with van der Waals surface area (Å²) < 4.78 is 5.70. The third kappa shape index (κ3) is 1.93. The van der Waals surface area contributed by atoms with Crippen LogP contribution in [0.15, 0.2) is 24.3 Å². The Kier molecular flexibility index (Phi) is 2.28. The molecule has 0 aromatic heterocycles. The molecule has 2 heteroatoms. The first kappa shape index (κ1) is 9.60. The Labute approximate surface area is 89.3 Å². The zero-order valence-corrected chi connectivity index (χ0v) is 9.14. The van der Waals surface area contributed by atoms with Crippen molar-refractivity contribution in [2.75, 3.05) is 6.61 Å². The second-order valence-corrected chi connectivity index (χ2v) is 4.73. The largest absolute Gasteiger partial charge is 0.492 e. The van der Waals surface area contributed by atoms with Crippen LogP contribution in [0.2, 0.25) is 5.02 Å². The lowest BCUT2D eigenvalue weighted by Gasteiger charge is -2.18. The fourth-order valence-electron chi connectivity index (χ4n) is 1.41. The summed E-state index contributed by atoms with van der Waals surface area (Å²) in [6, 6.07) is 5.70. The van der Waals surface area contributed by atoms with Crippen molar-refractivity contribution in [3.05, 3.63) is 34.9 Å². The number of benzene rings is 1. The van der Waals surface area contributed by atoms with Crippen LogP contribution in [0.4, 0.5) is 0 Å². The predicted octanol–water partition coefficient (Wildman–Crippen LogP) is 3.77. The molecule has 1 aliphatic heterocycles. The van der Waals surface area contributed by atoms with Crippen molar-refractivity contribution >= 4 is 17.7 Å². The van der Waals surface area contributed by atoms with E-state index in [1.807, 2.05) is 18.2 Å². The van der Waals surface area contributed by atoms with E-state index < -0.39 is 0 Å². The van der Waals surface area contributed by atoms with Crippen LogP contribution in [0.1, 0.15) is 19.4 Å². The van der Waals surface area contributed by atoms with E-state index in [1.54, 1.807) is 0 Å². The van der Waals surface area contributed by atoms with Crippen molar-refractivity contribution in [3.63, 3.8) is 0 Å². The molecule has 1 nitrogen and oxygen atoms in total. The van der Waals surface area contributed by atoms with Crippen LogP contribution in [0.5, 0.6) is 5.75 Å². The molecule has 0 amide bonds. The van der Waals surface area contributed by atoms with E-state index in [2.05, 4.69) is 26.0 Å². The van der Waals surface area contributed by atoms with Crippen molar-refractivity contribution < 1.29 is 4.74 Å². The molecule has 14 heavy (non-hydrogen) atoms. The maximum Gasteiger partial charge on any atom is 0.126 e. The number of ether oxygens (including phenoxy) is 1. The van der Waals surface area contributed by atoms with Gasteiger partial charge in [-0.3, -0.25) is 0 Å². The highest BCUT2D eigenvalue weighted by molar-refractivity contribution is 6.30. The lowest BCUT2D eigenvalue weighted by atomic mass is 9.94. The van der Waals surface area contributed by atoms with Gasteiger partial charge in [0.25, 0.3) is 0 Å². The Bertz CT molecular complexity index is 380. The van der Waals surface area contributed by atoms with Crippen LogP contribution in [0.25, 0.3) is 6.08 Å². The average molecular weight is 209 g/mol. The van der Waals surface area contributed by atoms with Gasteiger partial charge in [0.15, 0.2) is 0 Å². The van der Waals surface area contributed by atoms with Crippen LogP contribution < -0.4 is 4.74 Å². The summed E-state index contributed by atoms with van der Waals surface area (Å²) >= 11 is 5.91. The van der Waals surface area contributed by atoms with E-state index in [-0.39, 0.29) is 5.41 Å². The predicted molar refractivity (Wildman–Crippen MR) is 59.8 cm³/mol. The van der Waals surface area contributed by atoms with Gasteiger partial charge in [-0.2, -0.15) is 0 Å². The third-order valence-electron chi connectivity index (χ3n) is 2.29. The number of rotatable bonds is 0. The average Bonchev–Trinajstić information content (AvgIpc) is 2.26. The molecule has 0 saturated heterocycles. The van der Waals surface area contributed by atoms with E-state index in [0.29, 0.717) is 6.61 Å². The molecule has 1 aromatic carbocycles. The van der Waals surface area contributed by atoms with Gasteiger partial charge in [0.1, 0.15) is 5.75 Å². The van der Waals surface area contributed by atoms with Crippen molar-refractivity contribution in [2.45, 2.75) is 13.8 Å². The van der Waals surface area contributed by atoms with Crippen molar-refractivity contribution in [1.82, 2.24) is 0 Å². The highest BCUT2D eigenvalue weighted by atomic mass is 35.5. The van der Waals surface area contributed by atoms with Crippen LogP contribution in [0, 0.1) is 5.41 Å². The summed E-state index contributed by atoms with van der Waals surface area (Å²) in [5.74, 6) is 0.913. The Morgan fingerprint density at radius 2 is 2.14 bits per heavy atom. The van der Waals surface area contributed by atoms with E-state index in [9.17, 15) is 0 Å². The Balaban J connectivity index is 2.42. The van der Waals surface area contributed by atoms with Crippen molar-refractivity contribution in [1.29, 1.82) is 0 Å². The molecule has 0 spiro atoms. The van der Waals surface area contributed by atoms with E-state index in [0.717, 1.165) is 16.3 Å². The van der Waals surface area contributed by atoms with Crippen LogP contribution in [0.3, 0.4) is 0 Å². The number of fused-ring (bicyclic) bond motifs is 1. The summed E-state index contributed by atoms with van der Waals surface area (Å²) in [4.78, 5) is 0. The zero-order chi connectivity index (χ0) is 10.2. The first-order valence-electron chi connectivity index (χ1n) is 4.68. The lowest BCUT2D eigenvalue weighted by Crippen LogP contribution is -2.17. The summed E-state index contributed by atoms with van der Waals surface area (Å²) in [5.41, 5.74) is 1.15. The lowest BCUT2D eigenvalue weighted by molar-refractivity contribution is 0.225. The first-order valence-corrected chi connectivity index (χ1v) is 5.06. The van der Waals surface area contributed by atoms with Crippen LogP contribution in [-0.2, 0) is 0 Å². The molecular weight excluding hydrogens is 196 g/mol. The molecule has 0 bridgehead atoms. The van der Waals surface area contributed by atoms with Gasteiger partial charge in [-0.05, 0) is 18.2 Å². The molecule has 0 N–H and O–H groups in total. The van der Waals surface area contributed by atoms with Crippen molar-refractivity contribution in [2.24, 2.45) is 5.41 Å². The zero-order valence-electron chi connectivity index (χ0n) is 8.38. The molecule has 0 saturated carbocycles. The molecule has 1 aliphatic rings. The van der Waals surface area contributed by atoms with Gasteiger partial charge < -0.3 is 4.74 Å². The molecule has 0 radical (unpaired) electrons. The van der Waals surface area contributed by atoms with Crippen LogP contribution in [-0.4, -0.2) is 6.61 Å². The molecule has 1 aromatic rings. The van der Waals surface area contributed by atoms with Gasteiger partial charge in [-0.25, -0.2) is 0 Å². The molecule has 0 atom stereocenters. The first-order chi connectivity index (χ1) is 6.57. The van der Waals surface area contributed by atoms with Gasteiger partial charge in [0, 0.05) is 16.0 Å². The molecule has 1 heterocycles. The smallest absolute Gasteiger partial charge is 0.126 e.